The Bertz CT molecular complexity index is 372. The molecule has 114 valence electrons. The van der Waals surface area contributed by atoms with Crippen molar-refractivity contribution in [1.82, 2.24) is 10.2 Å². The predicted molar refractivity (Wildman–Crippen MR) is 71.2 cm³/mol. The summed E-state index contributed by atoms with van der Waals surface area (Å²) in [5, 5.41) is 11.7. The number of amides is 2. The van der Waals surface area contributed by atoms with Gasteiger partial charge < -0.3 is 20.1 Å². The van der Waals surface area contributed by atoms with Crippen LogP contribution in [0.3, 0.4) is 0 Å². The van der Waals surface area contributed by atoms with Crippen molar-refractivity contribution in [1.29, 1.82) is 0 Å². The molecule has 7 nitrogen and oxygen atoms in total. The predicted octanol–water partition coefficient (Wildman–Crippen LogP) is 0.834. The summed E-state index contributed by atoms with van der Waals surface area (Å²) < 4.78 is 4.78. The smallest absolute Gasteiger partial charge is 0.317 e. The third-order valence-corrected chi connectivity index (χ3v) is 3.47. The molecule has 0 aliphatic carbocycles. The topological polar surface area (TPSA) is 95.9 Å². The zero-order chi connectivity index (χ0) is 15.1. The van der Waals surface area contributed by atoms with E-state index in [-0.39, 0.29) is 24.5 Å². The first-order valence-corrected chi connectivity index (χ1v) is 6.90. The molecule has 1 fully saturated rings. The number of carbonyl (C=O) groups is 3. The molecule has 1 saturated heterocycles. The lowest BCUT2D eigenvalue weighted by atomic mass is 10.0. The van der Waals surface area contributed by atoms with Gasteiger partial charge >= 0.3 is 18.0 Å². The van der Waals surface area contributed by atoms with Crippen LogP contribution in [-0.2, 0) is 14.3 Å². The highest BCUT2D eigenvalue weighted by molar-refractivity contribution is 5.78. The van der Waals surface area contributed by atoms with Crippen LogP contribution in [0.25, 0.3) is 0 Å². The molecular formula is C13H22N2O5. The zero-order valence-electron chi connectivity index (χ0n) is 11.9. The minimum Gasteiger partial charge on any atom is -0.481 e. The Balaban J connectivity index is 2.27. The molecule has 0 bridgehead atoms. The van der Waals surface area contributed by atoms with Crippen molar-refractivity contribution < 1.29 is 24.2 Å². The molecule has 1 aliphatic rings. The number of nitrogens with zero attached hydrogens (tertiary/aromatic N) is 1. The molecule has 0 saturated carbocycles. The SMILES string of the molecule is CCOC(=O)CCCNC(=O)N1CCC(C(=O)O)C1C. The Morgan fingerprint density at radius 1 is 1.40 bits per heavy atom. The highest BCUT2D eigenvalue weighted by Gasteiger charge is 2.37. The number of carboxylic acid groups (broad SMARTS) is 1. The second-order valence-corrected chi connectivity index (χ2v) is 4.81. The summed E-state index contributed by atoms with van der Waals surface area (Å²) in [6, 6.07) is -0.581. The van der Waals surface area contributed by atoms with Crippen molar-refractivity contribution in [2.45, 2.75) is 39.2 Å². The minimum absolute atomic E-state index is 0.265. The van der Waals surface area contributed by atoms with Gasteiger partial charge in [0, 0.05) is 25.6 Å². The molecule has 2 N–H and O–H groups in total. The van der Waals surface area contributed by atoms with Crippen LogP contribution in [0.5, 0.6) is 0 Å². The summed E-state index contributed by atoms with van der Waals surface area (Å²) in [7, 11) is 0. The van der Waals surface area contributed by atoms with Gasteiger partial charge in [-0.15, -0.1) is 0 Å². The van der Waals surface area contributed by atoms with Gasteiger partial charge in [0.2, 0.25) is 0 Å². The molecule has 7 heteroatoms. The van der Waals surface area contributed by atoms with Gasteiger partial charge in [-0.2, -0.15) is 0 Å². The molecule has 0 aromatic heterocycles. The van der Waals surface area contributed by atoms with E-state index < -0.39 is 11.9 Å². The maximum absolute atomic E-state index is 11.9. The monoisotopic (exact) mass is 286 g/mol. The molecule has 0 aromatic carbocycles. The Hall–Kier alpha value is -1.79. The van der Waals surface area contributed by atoms with E-state index in [2.05, 4.69) is 5.32 Å². The second-order valence-electron chi connectivity index (χ2n) is 4.81. The molecule has 2 unspecified atom stereocenters. The van der Waals surface area contributed by atoms with Crippen molar-refractivity contribution in [3.63, 3.8) is 0 Å². The van der Waals surface area contributed by atoms with Crippen LogP contribution in [0.2, 0.25) is 0 Å². The van der Waals surface area contributed by atoms with Gasteiger partial charge in [0.25, 0.3) is 0 Å². The number of carboxylic acids is 1. The van der Waals surface area contributed by atoms with Crippen molar-refractivity contribution in [2.75, 3.05) is 19.7 Å². The van der Waals surface area contributed by atoms with E-state index in [1.54, 1.807) is 13.8 Å². The summed E-state index contributed by atoms with van der Waals surface area (Å²) in [6.45, 7) is 4.66. The van der Waals surface area contributed by atoms with Crippen LogP contribution >= 0.6 is 0 Å². The van der Waals surface area contributed by atoms with Gasteiger partial charge in [0.1, 0.15) is 0 Å². The lowest BCUT2D eigenvalue weighted by molar-refractivity contribution is -0.143. The molecule has 1 aliphatic heterocycles. The first-order chi connectivity index (χ1) is 9.47. The number of hydrogen-bond donors (Lipinski definition) is 2. The van der Waals surface area contributed by atoms with Crippen molar-refractivity contribution in [3.8, 4) is 0 Å². The average Bonchev–Trinajstić information content (AvgIpc) is 2.77. The van der Waals surface area contributed by atoms with Gasteiger partial charge in [-0.05, 0) is 26.7 Å². The standard InChI is InChI=1S/C13H22N2O5/c1-3-20-11(16)5-4-7-14-13(19)15-8-6-10(9(15)2)12(17)18/h9-10H,3-8H2,1-2H3,(H,14,19)(H,17,18). The summed E-state index contributed by atoms with van der Waals surface area (Å²) in [4.78, 5) is 35.5. The van der Waals surface area contributed by atoms with Gasteiger partial charge in [0.05, 0.1) is 12.5 Å². The second kappa shape index (κ2) is 7.72. The maximum atomic E-state index is 11.9. The number of ether oxygens (including phenoxy) is 1. The van der Waals surface area contributed by atoms with Gasteiger partial charge in [-0.25, -0.2) is 4.79 Å². The molecule has 1 rings (SSSR count). The highest BCUT2D eigenvalue weighted by atomic mass is 16.5. The zero-order valence-corrected chi connectivity index (χ0v) is 11.9. The van der Waals surface area contributed by atoms with Crippen LogP contribution in [0.1, 0.15) is 33.1 Å². The quantitative estimate of drug-likeness (QED) is 0.557. The number of rotatable bonds is 6. The number of urea groups is 1. The van der Waals surface area contributed by atoms with Gasteiger partial charge in [0.15, 0.2) is 0 Å². The molecule has 1 heterocycles. The first-order valence-electron chi connectivity index (χ1n) is 6.90. The molecule has 0 radical (unpaired) electrons. The lowest BCUT2D eigenvalue weighted by Crippen LogP contribution is -2.44. The Kier molecular flexibility index (Phi) is 6.27. The van der Waals surface area contributed by atoms with Crippen molar-refractivity contribution in [2.24, 2.45) is 5.92 Å². The Morgan fingerprint density at radius 3 is 2.65 bits per heavy atom. The van der Waals surface area contributed by atoms with E-state index in [0.29, 0.717) is 32.5 Å². The van der Waals surface area contributed by atoms with E-state index in [4.69, 9.17) is 9.84 Å². The molecule has 0 aromatic rings. The minimum atomic E-state index is -0.866. The number of likely N-dealkylation sites (tertiary alicyclic amines) is 1. The molecule has 0 spiro atoms. The largest absolute Gasteiger partial charge is 0.481 e. The van der Waals surface area contributed by atoms with Gasteiger partial charge in [-0.3, -0.25) is 9.59 Å². The molecule has 20 heavy (non-hydrogen) atoms. The van der Waals surface area contributed by atoms with Crippen molar-refractivity contribution in [3.05, 3.63) is 0 Å². The molecule has 2 atom stereocenters. The normalized spacial score (nSPS) is 21.6. The van der Waals surface area contributed by atoms with Crippen LogP contribution < -0.4 is 5.32 Å². The summed E-state index contributed by atoms with van der Waals surface area (Å²) >= 11 is 0. The fourth-order valence-corrected chi connectivity index (χ4v) is 2.32. The fraction of sp³-hybridized carbons (Fsp3) is 0.769. The van der Waals surface area contributed by atoms with E-state index in [9.17, 15) is 14.4 Å². The summed E-state index contributed by atoms with van der Waals surface area (Å²) in [6.07, 6.45) is 1.25. The Labute approximate surface area is 118 Å². The van der Waals surface area contributed by atoms with Crippen LogP contribution in [-0.4, -0.2) is 53.7 Å². The number of esters is 1. The van der Waals surface area contributed by atoms with Crippen LogP contribution in [0.15, 0.2) is 0 Å². The van der Waals surface area contributed by atoms with E-state index in [1.807, 2.05) is 0 Å². The van der Waals surface area contributed by atoms with Crippen LogP contribution in [0, 0.1) is 5.92 Å². The van der Waals surface area contributed by atoms with E-state index >= 15 is 0 Å². The number of carbonyl (C=O) groups excluding carboxylic acids is 2. The number of hydrogen-bond acceptors (Lipinski definition) is 4. The average molecular weight is 286 g/mol. The highest BCUT2D eigenvalue weighted by Crippen LogP contribution is 2.24. The van der Waals surface area contributed by atoms with Crippen molar-refractivity contribution >= 4 is 18.0 Å². The molecular weight excluding hydrogens is 264 g/mol. The summed E-state index contributed by atoms with van der Waals surface area (Å²) in [5.41, 5.74) is 0. The lowest BCUT2D eigenvalue weighted by Gasteiger charge is -2.23. The van der Waals surface area contributed by atoms with Crippen LogP contribution in [0.4, 0.5) is 4.79 Å². The molecule has 2 amide bonds. The Morgan fingerprint density at radius 2 is 2.10 bits per heavy atom. The third kappa shape index (κ3) is 4.40. The maximum Gasteiger partial charge on any atom is 0.317 e. The van der Waals surface area contributed by atoms with Gasteiger partial charge in [-0.1, -0.05) is 0 Å². The van der Waals surface area contributed by atoms with E-state index in [1.165, 1.54) is 4.90 Å². The summed E-state index contributed by atoms with van der Waals surface area (Å²) in [5.74, 6) is -1.64. The number of aliphatic carboxylic acids is 1. The number of nitrogens with one attached hydrogen (secondary N) is 1. The van der Waals surface area contributed by atoms with E-state index in [0.717, 1.165) is 0 Å². The first kappa shape index (κ1) is 16.3. The third-order valence-electron chi connectivity index (χ3n) is 3.47. The fourth-order valence-electron chi connectivity index (χ4n) is 2.32.